The predicted molar refractivity (Wildman–Crippen MR) is 147 cm³/mol. The zero-order valence-electron chi connectivity index (χ0n) is 21.0. The minimum atomic E-state index is -3.19. The van der Waals surface area contributed by atoms with Crippen LogP contribution in [0.15, 0.2) is 42.6 Å². The van der Waals surface area contributed by atoms with E-state index in [1.54, 1.807) is 19.2 Å². The van der Waals surface area contributed by atoms with Gasteiger partial charge in [-0.3, -0.25) is 0 Å². The monoisotopic (exact) mass is 579 g/mol. The molecule has 2 N–H and O–H groups in total. The zero-order valence-corrected chi connectivity index (χ0v) is 23.3. The summed E-state index contributed by atoms with van der Waals surface area (Å²) in [5, 5.41) is 0.197. The molecule has 0 aliphatic carbocycles. The third-order valence-electron chi connectivity index (χ3n) is 7.34. The second-order valence-electron chi connectivity index (χ2n) is 9.89. The number of nitrogens with zero attached hydrogens (tertiary/aromatic N) is 2. The fraction of sp³-hybridized carbons (Fsp3) is 0.370. The van der Waals surface area contributed by atoms with Crippen LogP contribution >= 0.6 is 23.2 Å². The van der Waals surface area contributed by atoms with E-state index in [0.717, 1.165) is 35.3 Å². The Kier molecular flexibility index (Phi) is 7.24. The molecule has 1 spiro atoms. The highest BCUT2D eigenvalue weighted by atomic mass is 35.5. The van der Waals surface area contributed by atoms with Crippen LogP contribution in [0.5, 0.6) is 11.5 Å². The molecule has 2 aliphatic rings. The lowest BCUT2D eigenvalue weighted by Crippen LogP contribution is -2.50. The molecule has 7 nitrogen and oxygen atoms in total. The first kappa shape index (κ1) is 27.0. The number of ether oxygens (including phenoxy) is 2. The van der Waals surface area contributed by atoms with Gasteiger partial charge < -0.3 is 15.2 Å². The van der Waals surface area contributed by atoms with Gasteiger partial charge in [0.2, 0.25) is 10.0 Å². The van der Waals surface area contributed by atoms with Gasteiger partial charge in [-0.05, 0) is 61.2 Å². The lowest BCUT2D eigenvalue weighted by Gasteiger charge is -2.44. The zero-order chi connectivity index (χ0) is 27.2. The quantitative estimate of drug-likeness (QED) is 0.370. The Morgan fingerprint density at radius 1 is 1.13 bits per heavy atom. The Balaban J connectivity index is 1.35. The molecule has 3 heterocycles. The second-order valence-corrected chi connectivity index (χ2v) is 12.7. The molecule has 5 rings (SSSR count). The van der Waals surface area contributed by atoms with Crippen LogP contribution in [0, 0.1) is 5.82 Å². The maximum absolute atomic E-state index is 14.0. The van der Waals surface area contributed by atoms with Crippen molar-refractivity contribution in [2.24, 2.45) is 0 Å². The number of aromatic nitrogens is 1. The van der Waals surface area contributed by atoms with Crippen molar-refractivity contribution in [3.63, 3.8) is 0 Å². The molecule has 2 aromatic carbocycles. The van der Waals surface area contributed by atoms with Gasteiger partial charge in [-0.1, -0.05) is 29.3 Å². The van der Waals surface area contributed by atoms with Crippen molar-refractivity contribution in [2.45, 2.75) is 44.3 Å². The van der Waals surface area contributed by atoms with E-state index < -0.39 is 21.9 Å². The van der Waals surface area contributed by atoms with Gasteiger partial charge in [-0.25, -0.2) is 22.1 Å². The van der Waals surface area contributed by atoms with E-state index in [2.05, 4.69) is 11.1 Å². The largest absolute Gasteiger partial charge is 0.487 e. The number of nitrogen functional groups attached to an aromatic ring is 1. The van der Waals surface area contributed by atoms with E-state index in [4.69, 9.17) is 38.4 Å². The van der Waals surface area contributed by atoms with Crippen molar-refractivity contribution < 1.29 is 22.3 Å². The summed E-state index contributed by atoms with van der Waals surface area (Å²) >= 11 is 12.4. The van der Waals surface area contributed by atoms with Crippen molar-refractivity contribution >= 4 is 39.0 Å². The number of fused-ring (bicyclic) bond motifs is 1. The number of halogens is 3. The third kappa shape index (κ3) is 5.30. The van der Waals surface area contributed by atoms with Gasteiger partial charge in [0, 0.05) is 48.3 Å². The van der Waals surface area contributed by atoms with Gasteiger partial charge in [0.15, 0.2) is 11.6 Å². The number of aryl methyl sites for hydroxylation is 1. The molecule has 0 saturated carbocycles. The van der Waals surface area contributed by atoms with E-state index in [0.29, 0.717) is 42.3 Å². The first-order valence-corrected chi connectivity index (χ1v) is 14.9. The van der Waals surface area contributed by atoms with Crippen molar-refractivity contribution in [1.82, 2.24) is 9.29 Å². The van der Waals surface area contributed by atoms with Gasteiger partial charge in [-0.2, -0.15) is 0 Å². The Labute approximate surface area is 231 Å². The van der Waals surface area contributed by atoms with E-state index in [9.17, 15) is 12.8 Å². The molecule has 38 heavy (non-hydrogen) atoms. The van der Waals surface area contributed by atoms with Crippen molar-refractivity contribution in [3.8, 4) is 22.6 Å². The van der Waals surface area contributed by atoms with Crippen LogP contribution < -0.4 is 15.2 Å². The lowest BCUT2D eigenvalue weighted by atomic mass is 9.83. The Morgan fingerprint density at radius 2 is 1.87 bits per heavy atom. The Bertz CT molecular complexity index is 1490. The smallest absolute Gasteiger partial charge is 0.211 e. The summed E-state index contributed by atoms with van der Waals surface area (Å²) in [5.41, 5.74) is 8.87. The Hall–Kier alpha value is -2.59. The van der Waals surface area contributed by atoms with Gasteiger partial charge in [0.25, 0.3) is 0 Å². The number of hydrogen-bond donors (Lipinski definition) is 1. The number of anilines is 1. The molecular formula is C27H28Cl2FN3O4S. The number of nitrogens with two attached hydrogens (primary N) is 1. The summed E-state index contributed by atoms with van der Waals surface area (Å²) in [6, 6.07) is 10.4. The first-order chi connectivity index (χ1) is 18.0. The number of piperidine rings is 1. The highest BCUT2D eigenvalue weighted by Gasteiger charge is 2.41. The summed E-state index contributed by atoms with van der Waals surface area (Å²) in [6.45, 7) is 2.65. The van der Waals surface area contributed by atoms with Crippen LogP contribution in [0.2, 0.25) is 10.0 Å². The number of hydrogen-bond acceptors (Lipinski definition) is 6. The molecule has 202 valence electrons. The third-order valence-corrected chi connectivity index (χ3v) is 9.36. The SMILES string of the molecule is C[C@@H](Oc1cc(-c2ccc3c(c2)CCC2(CCN(S(C)(=O)=O)CC2)O3)cnc1N)c1c(Cl)ccc(F)c1Cl. The number of rotatable bonds is 5. The van der Waals surface area contributed by atoms with E-state index in [1.807, 2.05) is 12.1 Å². The summed E-state index contributed by atoms with van der Waals surface area (Å²) in [7, 11) is -3.19. The molecule has 0 amide bonds. The molecule has 1 aromatic heterocycles. The average molecular weight is 581 g/mol. The summed E-state index contributed by atoms with van der Waals surface area (Å²) in [4.78, 5) is 4.30. The van der Waals surface area contributed by atoms with Crippen LogP contribution in [0.1, 0.15) is 43.4 Å². The van der Waals surface area contributed by atoms with Crippen molar-refractivity contribution in [2.75, 3.05) is 25.1 Å². The summed E-state index contributed by atoms with van der Waals surface area (Å²) < 4.78 is 51.8. The lowest BCUT2D eigenvalue weighted by molar-refractivity contribution is 0.00195. The van der Waals surface area contributed by atoms with Gasteiger partial charge in [0.1, 0.15) is 23.3 Å². The molecule has 1 saturated heterocycles. The normalized spacial score (nSPS) is 18.0. The molecule has 0 radical (unpaired) electrons. The molecule has 0 bridgehead atoms. The minimum Gasteiger partial charge on any atom is -0.487 e. The van der Waals surface area contributed by atoms with Gasteiger partial charge >= 0.3 is 0 Å². The molecule has 0 unspecified atom stereocenters. The van der Waals surface area contributed by atoms with E-state index >= 15 is 0 Å². The molecule has 1 atom stereocenters. The van der Waals surface area contributed by atoms with Gasteiger partial charge in [-0.15, -0.1) is 0 Å². The molecule has 2 aliphatic heterocycles. The van der Waals surface area contributed by atoms with Crippen LogP contribution in [-0.2, 0) is 16.4 Å². The van der Waals surface area contributed by atoms with Crippen LogP contribution in [0.25, 0.3) is 11.1 Å². The number of sulfonamides is 1. The van der Waals surface area contributed by atoms with Crippen molar-refractivity contribution in [3.05, 3.63) is 69.6 Å². The van der Waals surface area contributed by atoms with Crippen LogP contribution in [0.3, 0.4) is 0 Å². The minimum absolute atomic E-state index is 0.0952. The molecular weight excluding hydrogens is 552 g/mol. The summed E-state index contributed by atoms with van der Waals surface area (Å²) in [5.74, 6) is 0.752. The second kappa shape index (κ2) is 10.2. The first-order valence-electron chi connectivity index (χ1n) is 12.3. The number of pyridine rings is 1. The highest BCUT2D eigenvalue weighted by Crippen LogP contribution is 2.42. The highest BCUT2D eigenvalue weighted by molar-refractivity contribution is 7.88. The average Bonchev–Trinajstić information content (AvgIpc) is 2.87. The Morgan fingerprint density at radius 3 is 2.58 bits per heavy atom. The molecule has 1 fully saturated rings. The maximum atomic E-state index is 14.0. The molecule has 3 aromatic rings. The summed E-state index contributed by atoms with van der Waals surface area (Å²) in [6.07, 6.45) is 5.22. The predicted octanol–water partition coefficient (Wildman–Crippen LogP) is 6.04. The fourth-order valence-corrected chi connectivity index (χ4v) is 6.67. The maximum Gasteiger partial charge on any atom is 0.211 e. The van der Waals surface area contributed by atoms with Crippen molar-refractivity contribution in [1.29, 1.82) is 0 Å². The van der Waals surface area contributed by atoms with E-state index in [1.165, 1.54) is 22.7 Å². The van der Waals surface area contributed by atoms with Crippen LogP contribution in [0.4, 0.5) is 10.2 Å². The van der Waals surface area contributed by atoms with E-state index in [-0.39, 0.29) is 16.4 Å². The number of benzene rings is 2. The van der Waals surface area contributed by atoms with Crippen LogP contribution in [-0.4, -0.2) is 42.7 Å². The fourth-order valence-electron chi connectivity index (χ4n) is 5.15. The topological polar surface area (TPSA) is 94.8 Å². The standard InChI is InChI=1S/C27H28Cl2FN3O4S/c1-16(24-20(28)4-5-21(30)25(24)29)36-23-14-19(15-32-26(23)31)17-3-6-22-18(13-17)7-8-27(37-22)9-11-33(12-10-27)38(2,34)35/h3-6,13-16H,7-12H2,1-2H3,(H2,31,32)/t16-/m1/s1. The molecule has 11 heteroatoms. The van der Waals surface area contributed by atoms with Gasteiger partial charge in [0.05, 0.1) is 11.3 Å².